The van der Waals surface area contributed by atoms with E-state index in [0.717, 1.165) is 5.69 Å². The van der Waals surface area contributed by atoms with Gasteiger partial charge in [-0.25, -0.2) is 0 Å². The van der Waals surface area contributed by atoms with Crippen molar-refractivity contribution in [1.29, 1.82) is 0 Å². The van der Waals surface area contributed by atoms with Gasteiger partial charge in [0.05, 0.1) is 6.04 Å². The molecule has 0 saturated heterocycles. The highest BCUT2D eigenvalue weighted by atomic mass is 32.1. The van der Waals surface area contributed by atoms with Gasteiger partial charge in [0.25, 0.3) is 0 Å². The van der Waals surface area contributed by atoms with Crippen molar-refractivity contribution in [3.8, 4) is 0 Å². The summed E-state index contributed by atoms with van der Waals surface area (Å²) in [6, 6.07) is 17.0. The molecule has 0 aliphatic carbocycles. The van der Waals surface area contributed by atoms with Crippen molar-refractivity contribution in [1.82, 2.24) is 5.32 Å². The Kier molecular flexibility index (Phi) is 5.56. The lowest BCUT2D eigenvalue weighted by atomic mass is 9.96. The molecule has 2 aromatic rings. The molecule has 0 amide bonds. The maximum Gasteiger partial charge on any atom is 0.171 e. The topological polar surface area (TPSA) is 24.1 Å². The highest BCUT2D eigenvalue weighted by molar-refractivity contribution is 7.80. The Labute approximate surface area is 139 Å². The van der Waals surface area contributed by atoms with E-state index in [9.17, 15) is 0 Å². The van der Waals surface area contributed by atoms with Gasteiger partial charge in [0.1, 0.15) is 0 Å². The van der Waals surface area contributed by atoms with Crippen molar-refractivity contribution in [2.45, 2.75) is 33.7 Å². The van der Waals surface area contributed by atoms with Crippen molar-refractivity contribution in [3.05, 3.63) is 65.2 Å². The van der Waals surface area contributed by atoms with Crippen molar-refractivity contribution >= 4 is 23.0 Å². The molecule has 0 heterocycles. The van der Waals surface area contributed by atoms with Crippen LogP contribution in [0.1, 0.15) is 36.6 Å². The summed E-state index contributed by atoms with van der Waals surface area (Å²) in [4.78, 5) is 0. The Bertz CT molecular complexity index is 635. The van der Waals surface area contributed by atoms with Crippen LogP contribution in [-0.4, -0.2) is 5.11 Å². The Morgan fingerprint density at radius 1 is 1.00 bits per heavy atom. The molecule has 2 rings (SSSR count). The summed E-state index contributed by atoms with van der Waals surface area (Å²) in [5.41, 5.74) is 4.73. The number of benzene rings is 2. The minimum absolute atomic E-state index is 0.200. The quantitative estimate of drug-likeness (QED) is 0.778. The van der Waals surface area contributed by atoms with Crippen LogP contribution in [0.25, 0.3) is 0 Å². The van der Waals surface area contributed by atoms with Crippen LogP contribution >= 0.6 is 12.2 Å². The molecule has 2 aromatic carbocycles. The van der Waals surface area contributed by atoms with Crippen LogP contribution in [0.2, 0.25) is 0 Å². The molecule has 0 aliphatic heterocycles. The predicted octanol–water partition coefficient (Wildman–Crippen LogP) is 4.99. The molecule has 1 atom stereocenters. The maximum absolute atomic E-state index is 5.51. The monoisotopic (exact) mass is 312 g/mol. The zero-order valence-corrected chi connectivity index (χ0v) is 14.5. The summed E-state index contributed by atoms with van der Waals surface area (Å²) >= 11 is 5.51. The minimum atomic E-state index is 0.200. The Morgan fingerprint density at radius 3 is 2.32 bits per heavy atom. The molecule has 0 bridgehead atoms. The lowest BCUT2D eigenvalue weighted by molar-refractivity contribution is 0.473. The highest BCUT2D eigenvalue weighted by Crippen LogP contribution is 2.22. The van der Waals surface area contributed by atoms with Crippen LogP contribution < -0.4 is 10.6 Å². The first-order chi connectivity index (χ1) is 10.5. The zero-order chi connectivity index (χ0) is 16.1. The van der Waals surface area contributed by atoms with Gasteiger partial charge < -0.3 is 10.6 Å². The number of nitrogens with one attached hydrogen (secondary N) is 2. The van der Waals surface area contributed by atoms with Gasteiger partial charge in [0, 0.05) is 5.69 Å². The summed E-state index contributed by atoms with van der Waals surface area (Å²) in [5.74, 6) is 0.445. The molecular weight excluding hydrogens is 288 g/mol. The van der Waals surface area contributed by atoms with E-state index in [1.165, 1.54) is 16.7 Å². The van der Waals surface area contributed by atoms with Crippen LogP contribution in [0.3, 0.4) is 0 Å². The number of anilines is 1. The maximum atomic E-state index is 5.51. The Morgan fingerprint density at radius 2 is 1.68 bits per heavy atom. The van der Waals surface area contributed by atoms with Crippen LogP contribution in [0.4, 0.5) is 5.69 Å². The molecule has 22 heavy (non-hydrogen) atoms. The zero-order valence-electron chi connectivity index (χ0n) is 13.7. The van der Waals surface area contributed by atoms with E-state index < -0.39 is 0 Å². The summed E-state index contributed by atoms with van der Waals surface area (Å²) < 4.78 is 0. The average Bonchev–Trinajstić information content (AvgIpc) is 2.49. The molecule has 0 unspecified atom stereocenters. The molecular formula is C19H24N2S. The molecule has 0 saturated carbocycles. The molecule has 0 aromatic heterocycles. The number of aryl methyl sites for hydroxylation is 2. The fraction of sp³-hybridized carbons (Fsp3) is 0.316. The van der Waals surface area contributed by atoms with E-state index in [1.807, 2.05) is 6.07 Å². The first-order valence-corrected chi connectivity index (χ1v) is 8.08. The van der Waals surface area contributed by atoms with E-state index in [4.69, 9.17) is 12.2 Å². The standard InChI is InChI=1S/C19H24N2S/c1-13(2)18(16-8-6-5-7-9-16)21-19(22)20-17-12-14(3)10-11-15(17)4/h5-13,18H,1-4H3,(H2,20,21,22)/t18-/m0/s1. The first kappa shape index (κ1) is 16.5. The third kappa shape index (κ3) is 4.31. The van der Waals surface area contributed by atoms with Crippen molar-refractivity contribution in [2.24, 2.45) is 5.92 Å². The summed E-state index contributed by atoms with van der Waals surface area (Å²) in [7, 11) is 0. The second-order valence-corrected chi connectivity index (χ2v) is 6.46. The lowest BCUT2D eigenvalue weighted by Crippen LogP contribution is -2.35. The van der Waals surface area contributed by atoms with Gasteiger partial charge in [-0.05, 0) is 54.7 Å². The van der Waals surface area contributed by atoms with Crippen LogP contribution in [0.5, 0.6) is 0 Å². The number of hydrogen-bond acceptors (Lipinski definition) is 1. The third-order valence-corrected chi connectivity index (χ3v) is 3.97. The van der Waals surface area contributed by atoms with E-state index >= 15 is 0 Å². The van der Waals surface area contributed by atoms with E-state index in [1.54, 1.807) is 0 Å². The summed E-state index contributed by atoms with van der Waals surface area (Å²) in [5, 5.41) is 7.44. The summed E-state index contributed by atoms with van der Waals surface area (Å²) in [6.07, 6.45) is 0. The predicted molar refractivity (Wildman–Crippen MR) is 99.3 cm³/mol. The van der Waals surface area contributed by atoms with Crippen molar-refractivity contribution in [3.63, 3.8) is 0 Å². The van der Waals surface area contributed by atoms with E-state index in [2.05, 4.69) is 80.8 Å². The fourth-order valence-electron chi connectivity index (χ4n) is 2.47. The van der Waals surface area contributed by atoms with Gasteiger partial charge in [0.2, 0.25) is 0 Å². The SMILES string of the molecule is Cc1ccc(C)c(NC(=S)N[C@H](c2ccccc2)C(C)C)c1. The average molecular weight is 312 g/mol. The van der Waals surface area contributed by atoms with E-state index in [-0.39, 0.29) is 6.04 Å². The van der Waals surface area contributed by atoms with Crippen LogP contribution in [-0.2, 0) is 0 Å². The van der Waals surface area contributed by atoms with Gasteiger partial charge in [-0.15, -0.1) is 0 Å². The highest BCUT2D eigenvalue weighted by Gasteiger charge is 2.16. The molecule has 2 nitrogen and oxygen atoms in total. The number of hydrogen-bond donors (Lipinski definition) is 2. The molecule has 0 spiro atoms. The van der Waals surface area contributed by atoms with Crippen molar-refractivity contribution in [2.75, 3.05) is 5.32 Å². The van der Waals surface area contributed by atoms with Crippen LogP contribution in [0, 0.1) is 19.8 Å². The van der Waals surface area contributed by atoms with E-state index in [0.29, 0.717) is 11.0 Å². The minimum Gasteiger partial charge on any atom is -0.355 e. The molecule has 116 valence electrons. The number of thiocarbonyl (C=S) groups is 1. The van der Waals surface area contributed by atoms with Crippen molar-refractivity contribution < 1.29 is 0 Å². The third-order valence-electron chi connectivity index (χ3n) is 3.75. The molecule has 0 radical (unpaired) electrons. The van der Waals surface area contributed by atoms with Gasteiger partial charge >= 0.3 is 0 Å². The smallest absolute Gasteiger partial charge is 0.171 e. The Hall–Kier alpha value is -1.87. The summed E-state index contributed by atoms with van der Waals surface area (Å²) in [6.45, 7) is 8.57. The largest absolute Gasteiger partial charge is 0.355 e. The lowest BCUT2D eigenvalue weighted by Gasteiger charge is -2.25. The molecule has 0 fully saturated rings. The van der Waals surface area contributed by atoms with Gasteiger partial charge in [-0.2, -0.15) is 0 Å². The second kappa shape index (κ2) is 7.41. The number of rotatable bonds is 4. The van der Waals surface area contributed by atoms with Gasteiger partial charge in [0.15, 0.2) is 5.11 Å². The second-order valence-electron chi connectivity index (χ2n) is 6.05. The fourth-order valence-corrected chi connectivity index (χ4v) is 2.70. The van der Waals surface area contributed by atoms with Gasteiger partial charge in [-0.1, -0.05) is 56.3 Å². The van der Waals surface area contributed by atoms with Gasteiger partial charge in [-0.3, -0.25) is 0 Å². The van der Waals surface area contributed by atoms with Crippen LogP contribution in [0.15, 0.2) is 48.5 Å². The molecule has 3 heteroatoms. The molecule has 2 N–H and O–H groups in total. The Balaban J connectivity index is 2.10. The normalized spacial score (nSPS) is 12.0. The molecule has 0 aliphatic rings. The first-order valence-electron chi connectivity index (χ1n) is 7.67.